The average Bonchev–Trinajstić information content (AvgIpc) is 3.53. The number of nitrogens with zero attached hydrogens (tertiary/aromatic N) is 3. The first kappa shape index (κ1) is 27.0. The third-order valence-corrected chi connectivity index (χ3v) is 8.35. The number of nitrogens with one attached hydrogen (secondary N) is 2. The van der Waals surface area contributed by atoms with Crippen LogP contribution in [0.5, 0.6) is 5.75 Å². The SMILES string of the molecule is CN(C)c1nc(NC2CC23CCC(CNCCc2ccc(Br)cc2OC(F)(F)F)CC3)nc2ccccc12. The summed E-state index contributed by atoms with van der Waals surface area (Å²) in [6, 6.07) is 13.3. The molecule has 0 bridgehead atoms. The predicted molar refractivity (Wildman–Crippen MR) is 148 cm³/mol. The first-order valence-corrected chi connectivity index (χ1v) is 13.9. The van der Waals surface area contributed by atoms with Crippen LogP contribution < -0.4 is 20.3 Å². The lowest BCUT2D eigenvalue weighted by Crippen LogP contribution is -2.30. The monoisotopic (exact) mass is 591 g/mol. The van der Waals surface area contributed by atoms with E-state index in [1.54, 1.807) is 12.1 Å². The van der Waals surface area contributed by atoms with Crippen LogP contribution in [0.4, 0.5) is 24.9 Å². The molecule has 1 unspecified atom stereocenters. The van der Waals surface area contributed by atoms with Gasteiger partial charge in [-0.05, 0) is 92.8 Å². The third-order valence-electron chi connectivity index (χ3n) is 7.86. The summed E-state index contributed by atoms with van der Waals surface area (Å²) in [6.45, 7) is 1.48. The highest BCUT2D eigenvalue weighted by atomic mass is 79.9. The maximum absolute atomic E-state index is 12.7. The Kier molecular flexibility index (Phi) is 7.73. The lowest BCUT2D eigenvalue weighted by atomic mass is 9.79. The van der Waals surface area contributed by atoms with Crippen LogP contribution in [0.3, 0.4) is 0 Å². The number of halogens is 4. The highest BCUT2D eigenvalue weighted by Gasteiger charge is 2.55. The molecule has 0 aliphatic heterocycles. The number of benzene rings is 2. The number of aromatic nitrogens is 2. The van der Waals surface area contributed by atoms with E-state index in [-0.39, 0.29) is 5.75 Å². The molecule has 0 radical (unpaired) electrons. The topological polar surface area (TPSA) is 62.3 Å². The maximum atomic E-state index is 12.7. The van der Waals surface area contributed by atoms with E-state index in [1.165, 1.54) is 18.9 Å². The summed E-state index contributed by atoms with van der Waals surface area (Å²) in [5, 5.41) is 8.11. The molecule has 5 rings (SSSR count). The van der Waals surface area contributed by atoms with Gasteiger partial charge in [0.2, 0.25) is 5.95 Å². The van der Waals surface area contributed by atoms with E-state index in [2.05, 4.69) is 37.4 Å². The van der Waals surface area contributed by atoms with Crippen LogP contribution >= 0.6 is 15.9 Å². The van der Waals surface area contributed by atoms with Crippen molar-refractivity contribution in [3.63, 3.8) is 0 Å². The quantitative estimate of drug-likeness (QED) is 0.275. The molecule has 10 heteroatoms. The van der Waals surface area contributed by atoms with Gasteiger partial charge in [0.15, 0.2) is 0 Å². The largest absolute Gasteiger partial charge is 0.573 e. The highest BCUT2D eigenvalue weighted by Crippen LogP contribution is 2.58. The second-order valence-electron chi connectivity index (χ2n) is 10.7. The predicted octanol–water partition coefficient (Wildman–Crippen LogP) is 6.55. The molecule has 3 aromatic rings. The summed E-state index contributed by atoms with van der Waals surface area (Å²) >= 11 is 3.22. The van der Waals surface area contributed by atoms with Gasteiger partial charge in [0.25, 0.3) is 0 Å². The summed E-state index contributed by atoms with van der Waals surface area (Å²) in [5.41, 5.74) is 1.81. The molecule has 2 N–H and O–H groups in total. The van der Waals surface area contributed by atoms with E-state index < -0.39 is 6.36 Å². The van der Waals surface area contributed by atoms with Crippen LogP contribution in [0.15, 0.2) is 46.9 Å². The van der Waals surface area contributed by atoms with Crippen molar-refractivity contribution in [3.8, 4) is 5.75 Å². The van der Waals surface area contributed by atoms with Crippen LogP contribution in [0, 0.1) is 11.3 Å². The van der Waals surface area contributed by atoms with Gasteiger partial charge in [-0.1, -0.05) is 34.1 Å². The van der Waals surface area contributed by atoms with Gasteiger partial charge in [-0.3, -0.25) is 0 Å². The lowest BCUT2D eigenvalue weighted by Gasteiger charge is -2.30. The highest BCUT2D eigenvalue weighted by molar-refractivity contribution is 9.10. The van der Waals surface area contributed by atoms with E-state index in [1.807, 2.05) is 37.2 Å². The smallest absolute Gasteiger partial charge is 0.405 e. The van der Waals surface area contributed by atoms with Crippen LogP contribution in [0.2, 0.25) is 0 Å². The number of rotatable bonds is 9. The molecule has 1 atom stereocenters. The Bertz CT molecular complexity index is 1280. The van der Waals surface area contributed by atoms with Crippen LogP contribution in [-0.2, 0) is 6.42 Å². The number of ether oxygens (including phenoxy) is 1. The molecule has 1 spiro atoms. The average molecular weight is 593 g/mol. The van der Waals surface area contributed by atoms with E-state index >= 15 is 0 Å². The first-order chi connectivity index (χ1) is 18.1. The molecule has 1 aromatic heterocycles. The fourth-order valence-electron chi connectivity index (χ4n) is 5.67. The Morgan fingerprint density at radius 1 is 1.11 bits per heavy atom. The fourth-order valence-corrected chi connectivity index (χ4v) is 6.01. The Morgan fingerprint density at radius 2 is 1.87 bits per heavy atom. The molecule has 0 saturated heterocycles. The number of anilines is 2. The number of para-hydroxylation sites is 1. The van der Waals surface area contributed by atoms with Crippen molar-refractivity contribution in [2.75, 3.05) is 37.4 Å². The molecule has 2 saturated carbocycles. The van der Waals surface area contributed by atoms with Gasteiger partial charge in [0, 0.05) is 30.0 Å². The lowest BCUT2D eigenvalue weighted by molar-refractivity contribution is -0.274. The molecule has 6 nitrogen and oxygen atoms in total. The van der Waals surface area contributed by atoms with Crippen molar-refractivity contribution in [1.29, 1.82) is 0 Å². The molecular formula is C28H33BrF3N5O. The molecule has 2 aromatic carbocycles. The summed E-state index contributed by atoms with van der Waals surface area (Å²) in [5.74, 6) is 2.05. The standard InChI is InChI=1S/C28H33BrF3N5O/c1-37(2)25-21-5-3-4-6-22(21)34-26(36-25)35-24-16-27(24)12-9-18(10-13-27)17-33-14-11-19-7-8-20(29)15-23(19)38-28(30,31)32/h3-8,15,18,24,33H,9-14,16-17H2,1-2H3,(H,34,35,36). The Morgan fingerprint density at radius 3 is 2.61 bits per heavy atom. The molecule has 1 heterocycles. The van der Waals surface area contributed by atoms with E-state index in [9.17, 15) is 13.2 Å². The Labute approximate surface area is 229 Å². The van der Waals surface area contributed by atoms with E-state index in [0.29, 0.717) is 46.3 Å². The zero-order valence-electron chi connectivity index (χ0n) is 21.6. The molecule has 2 fully saturated rings. The number of hydrogen-bond donors (Lipinski definition) is 2. The molecule has 2 aliphatic rings. The maximum Gasteiger partial charge on any atom is 0.573 e. The zero-order valence-corrected chi connectivity index (χ0v) is 23.2. The van der Waals surface area contributed by atoms with Crippen molar-refractivity contribution in [3.05, 3.63) is 52.5 Å². The minimum atomic E-state index is -4.70. The fraction of sp³-hybridized carbons (Fsp3) is 0.500. The van der Waals surface area contributed by atoms with Crippen LogP contribution in [0.25, 0.3) is 10.9 Å². The van der Waals surface area contributed by atoms with Crippen molar-refractivity contribution in [2.24, 2.45) is 11.3 Å². The first-order valence-electron chi connectivity index (χ1n) is 13.1. The van der Waals surface area contributed by atoms with Crippen molar-refractivity contribution < 1.29 is 17.9 Å². The van der Waals surface area contributed by atoms with Gasteiger partial charge in [0.05, 0.1) is 5.52 Å². The van der Waals surface area contributed by atoms with E-state index in [0.717, 1.165) is 42.5 Å². The number of fused-ring (bicyclic) bond motifs is 1. The summed E-state index contributed by atoms with van der Waals surface area (Å²) in [4.78, 5) is 11.6. The summed E-state index contributed by atoms with van der Waals surface area (Å²) < 4.78 is 43.0. The minimum Gasteiger partial charge on any atom is -0.405 e. The number of hydrogen-bond acceptors (Lipinski definition) is 6. The van der Waals surface area contributed by atoms with Crippen LogP contribution in [-0.4, -0.2) is 49.6 Å². The summed E-state index contributed by atoms with van der Waals surface area (Å²) in [7, 11) is 4.00. The minimum absolute atomic E-state index is 0.145. The second-order valence-corrected chi connectivity index (χ2v) is 11.7. The molecule has 38 heavy (non-hydrogen) atoms. The van der Waals surface area contributed by atoms with Gasteiger partial charge in [-0.2, -0.15) is 4.98 Å². The Hall–Kier alpha value is -2.59. The number of alkyl halides is 3. The van der Waals surface area contributed by atoms with Gasteiger partial charge >= 0.3 is 6.36 Å². The van der Waals surface area contributed by atoms with Crippen molar-refractivity contribution in [2.45, 2.75) is 50.9 Å². The van der Waals surface area contributed by atoms with Crippen molar-refractivity contribution >= 4 is 38.6 Å². The molecule has 204 valence electrons. The van der Waals surface area contributed by atoms with Gasteiger partial charge < -0.3 is 20.3 Å². The van der Waals surface area contributed by atoms with Crippen molar-refractivity contribution in [1.82, 2.24) is 15.3 Å². The van der Waals surface area contributed by atoms with Crippen LogP contribution in [0.1, 0.15) is 37.7 Å². The Balaban J connectivity index is 1.09. The second kappa shape index (κ2) is 10.9. The van der Waals surface area contributed by atoms with Gasteiger partial charge in [-0.15, -0.1) is 13.2 Å². The van der Waals surface area contributed by atoms with E-state index in [4.69, 9.17) is 9.97 Å². The van der Waals surface area contributed by atoms with Gasteiger partial charge in [0.1, 0.15) is 11.6 Å². The third kappa shape index (κ3) is 6.34. The normalized spacial score (nSPS) is 23.0. The molecular weight excluding hydrogens is 559 g/mol. The molecule has 2 aliphatic carbocycles. The summed E-state index contributed by atoms with van der Waals surface area (Å²) in [6.07, 6.45) is 1.55. The zero-order chi connectivity index (χ0) is 26.9. The van der Waals surface area contributed by atoms with Gasteiger partial charge in [-0.25, -0.2) is 4.98 Å². The molecule has 0 amide bonds.